The molecule has 1 aliphatic carbocycles. The average Bonchev–Trinajstić information content (AvgIpc) is 1.54. The molecule has 0 radical (unpaired) electrons. The van der Waals surface area contributed by atoms with E-state index < -0.39 is 0 Å². The Bertz CT molecular complexity index is 187. The Balaban J connectivity index is 2.88. The molecule has 0 spiro atoms. The second-order valence-electron chi connectivity index (χ2n) is 3.34. The van der Waals surface area contributed by atoms with Gasteiger partial charge in [0, 0.05) is 6.92 Å². The van der Waals surface area contributed by atoms with E-state index in [0.29, 0.717) is 6.42 Å². The number of hydrogen-bond acceptors (Lipinski definition) is 1. The van der Waals surface area contributed by atoms with Crippen LogP contribution in [0.25, 0.3) is 0 Å². The molecule has 0 aromatic rings. The monoisotopic (exact) mass is 136 g/mol. The number of hydrogen-bond donors (Lipinski definition) is 1. The van der Waals surface area contributed by atoms with E-state index in [1.165, 1.54) is 0 Å². The minimum atomic E-state index is -0.0770. The van der Waals surface area contributed by atoms with E-state index in [1.807, 2.05) is 6.92 Å². The van der Waals surface area contributed by atoms with E-state index >= 15 is 0 Å². The molecule has 0 aromatic heterocycles. The summed E-state index contributed by atoms with van der Waals surface area (Å²) in [6, 6.07) is 0. The molecule has 0 bridgehead atoms. The van der Waals surface area contributed by atoms with Gasteiger partial charge in [0.2, 0.25) is 5.76 Å². The number of rotatable bonds is 0. The van der Waals surface area contributed by atoms with Crippen molar-refractivity contribution >= 4 is 0 Å². The lowest BCUT2D eigenvalue weighted by Gasteiger charge is -2.14. The van der Waals surface area contributed by atoms with Gasteiger partial charge in [0.25, 0.3) is 0 Å². The molecule has 0 saturated carbocycles. The molecule has 10 heavy (non-hydrogen) atoms. The maximum Gasteiger partial charge on any atom is 0.245 e. The summed E-state index contributed by atoms with van der Waals surface area (Å²) in [4.78, 5) is 0. The third-order valence-corrected chi connectivity index (χ3v) is 1.56. The van der Waals surface area contributed by atoms with E-state index in [4.69, 9.17) is 5.11 Å². The van der Waals surface area contributed by atoms with Crippen molar-refractivity contribution in [2.45, 2.75) is 19.8 Å². The normalized spacial score (nSPS) is 32.9. The summed E-state index contributed by atoms with van der Waals surface area (Å²) >= 11 is 0. The molecule has 0 aromatic carbocycles. The van der Waals surface area contributed by atoms with Crippen LogP contribution in [-0.2, 0) is 0 Å². The highest BCUT2D eigenvalue weighted by Gasteiger charge is 2.34. The summed E-state index contributed by atoms with van der Waals surface area (Å²) in [5, 5.41) is 9.12. The van der Waals surface area contributed by atoms with Crippen LogP contribution in [0.3, 0.4) is 0 Å². The van der Waals surface area contributed by atoms with Crippen molar-refractivity contribution in [1.29, 1.82) is 0 Å². The van der Waals surface area contributed by atoms with Crippen LogP contribution in [0.2, 0.25) is 0 Å². The molecule has 0 fully saturated rings. The fourth-order valence-corrected chi connectivity index (χ4v) is 1.27. The Morgan fingerprint density at radius 3 is 2.60 bits per heavy atom. The highest BCUT2D eigenvalue weighted by Crippen LogP contribution is 2.33. The lowest BCUT2D eigenvalue weighted by atomic mass is 9.80. The molecule has 0 saturated heterocycles. The van der Waals surface area contributed by atoms with Crippen LogP contribution >= 0.6 is 0 Å². The predicted octanol–water partition coefficient (Wildman–Crippen LogP) is 2.42. The van der Waals surface area contributed by atoms with Crippen molar-refractivity contribution < 1.29 is 5.11 Å². The van der Waals surface area contributed by atoms with Gasteiger partial charge in [-0.2, -0.15) is 0 Å². The second-order valence-corrected chi connectivity index (χ2v) is 3.34. The molecule has 1 nitrogen and oxygen atoms in total. The fraction of sp³-hybridized carbons (Fsp3) is 0.444. The molecular formula is C9H12O+2. The molecule has 52 valence electrons. The first-order chi connectivity index (χ1) is 4.49. The van der Waals surface area contributed by atoms with Crippen LogP contribution in [0, 0.1) is 19.3 Å². The Morgan fingerprint density at radius 1 is 1.60 bits per heavy atom. The van der Waals surface area contributed by atoms with Gasteiger partial charge in [0.15, 0.2) is 5.57 Å². The average molecular weight is 136 g/mol. The van der Waals surface area contributed by atoms with Crippen molar-refractivity contribution in [3.05, 3.63) is 30.9 Å². The van der Waals surface area contributed by atoms with Gasteiger partial charge in [0.1, 0.15) is 11.1 Å². The molecule has 0 amide bonds. The number of aliphatic hydroxyl groups excluding tert-OH is 1. The van der Waals surface area contributed by atoms with E-state index in [0.717, 1.165) is 12.0 Å². The van der Waals surface area contributed by atoms with Gasteiger partial charge < -0.3 is 5.11 Å². The Hall–Kier alpha value is -0.940. The standard InChI is InChI=1S/C9H11O/c1-7-4-8(10)6-9(2,3)5-7/h1-2,5-6H2,3H3/q+1/p+1. The molecule has 1 rings (SSSR count). The van der Waals surface area contributed by atoms with Gasteiger partial charge in [-0.3, -0.25) is 0 Å². The van der Waals surface area contributed by atoms with E-state index in [2.05, 4.69) is 19.6 Å². The number of allylic oxidation sites excluding steroid dienone is 1. The first-order valence-electron chi connectivity index (χ1n) is 3.34. The zero-order valence-electron chi connectivity index (χ0n) is 6.28. The van der Waals surface area contributed by atoms with Crippen LogP contribution in [0.15, 0.2) is 17.1 Å². The number of aliphatic hydroxyl groups is 1. The van der Waals surface area contributed by atoms with E-state index in [9.17, 15) is 0 Å². The van der Waals surface area contributed by atoms with Gasteiger partial charge in [-0.25, -0.2) is 0 Å². The van der Waals surface area contributed by atoms with Crippen LogP contribution in [0.1, 0.15) is 19.8 Å². The largest absolute Gasteiger partial charge is 0.488 e. The quantitative estimate of drug-likeness (QED) is 0.400. The summed E-state index contributed by atoms with van der Waals surface area (Å²) in [5.41, 5.74) is 3.54. The highest BCUT2D eigenvalue weighted by atomic mass is 16.3. The summed E-state index contributed by atoms with van der Waals surface area (Å²) in [6.07, 6.45) is 1.45. The summed E-state index contributed by atoms with van der Waals surface area (Å²) < 4.78 is 0. The molecule has 0 aliphatic heterocycles. The fourth-order valence-electron chi connectivity index (χ4n) is 1.27. The van der Waals surface area contributed by atoms with Gasteiger partial charge in [-0.05, 0) is 6.92 Å². The van der Waals surface area contributed by atoms with Crippen molar-refractivity contribution in [2.75, 3.05) is 0 Å². The highest BCUT2D eigenvalue weighted by molar-refractivity contribution is 5.16. The van der Waals surface area contributed by atoms with Crippen LogP contribution < -0.4 is 0 Å². The zero-order valence-corrected chi connectivity index (χ0v) is 6.28. The smallest absolute Gasteiger partial charge is 0.245 e. The van der Waals surface area contributed by atoms with Gasteiger partial charge in [-0.15, -0.1) is 0 Å². The predicted molar refractivity (Wildman–Crippen MR) is 41.2 cm³/mol. The van der Waals surface area contributed by atoms with Crippen LogP contribution in [0.5, 0.6) is 0 Å². The van der Waals surface area contributed by atoms with Gasteiger partial charge in [-0.1, -0.05) is 0 Å². The lowest BCUT2D eigenvalue weighted by Crippen LogP contribution is -2.15. The topological polar surface area (TPSA) is 20.2 Å². The van der Waals surface area contributed by atoms with Crippen molar-refractivity contribution in [3.8, 4) is 0 Å². The maximum atomic E-state index is 9.12. The Labute approximate surface area is 62.1 Å². The van der Waals surface area contributed by atoms with Crippen molar-refractivity contribution in [3.63, 3.8) is 0 Å². The third kappa shape index (κ3) is 1.52. The van der Waals surface area contributed by atoms with Crippen LogP contribution in [0.4, 0.5) is 0 Å². The maximum absolute atomic E-state index is 9.12. The Kier molecular flexibility index (Phi) is 1.46. The molecule has 1 aliphatic rings. The second kappa shape index (κ2) is 2.03. The van der Waals surface area contributed by atoms with Gasteiger partial charge in [0.05, 0.1) is 19.8 Å². The summed E-state index contributed by atoms with van der Waals surface area (Å²) in [7, 11) is 0. The summed E-state index contributed by atoms with van der Waals surface area (Å²) in [5.74, 6) is 0.286. The zero-order chi connectivity index (χ0) is 7.78. The van der Waals surface area contributed by atoms with Gasteiger partial charge >= 0.3 is 0 Å². The first kappa shape index (κ1) is 7.17. The molecule has 1 unspecified atom stereocenters. The van der Waals surface area contributed by atoms with E-state index in [-0.39, 0.29) is 11.2 Å². The molecule has 1 atom stereocenters. The summed E-state index contributed by atoms with van der Waals surface area (Å²) in [6.45, 7) is 9.69. The Morgan fingerprint density at radius 2 is 2.20 bits per heavy atom. The minimum Gasteiger partial charge on any atom is -0.488 e. The SMILES string of the molecule is [CH2+]C1=C=C(O)CC([CH2+])(C)C1. The molecule has 1 heteroatoms. The van der Waals surface area contributed by atoms with Crippen LogP contribution in [-0.4, -0.2) is 5.11 Å². The molecule has 0 heterocycles. The van der Waals surface area contributed by atoms with Crippen molar-refractivity contribution in [1.82, 2.24) is 0 Å². The molecular weight excluding hydrogens is 124 g/mol. The van der Waals surface area contributed by atoms with Crippen molar-refractivity contribution in [2.24, 2.45) is 5.41 Å². The molecule has 1 N–H and O–H groups in total. The third-order valence-electron chi connectivity index (χ3n) is 1.56. The lowest BCUT2D eigenvalue weighted by molar-refractivity contribution is 0.301. The first-order valence-corrected chi connectivity index (χ1v) is 3.34. The minimum absolute atomic E-state index is 0.0770. The van der Waals surface area contributed by atoms with E-state index in [1.54, 1.807) is 0 Å².